The van der Waals surface area contributed by atoms with E-state index in [9.17, 15) is 13.2 Å². The zero-order valence-electron chi connectivity index (χ0n) is 10.7. The van der Waals surface area contributed by atoms with E-state index < -0.39 is 11.9 Å². The summed E-state index contributed by atoms with van der Waals surface area (Å²) in [6.45, 7) is 2.22. The molecule has 0 amide bonds. The van der Waals surface area contributed by atoms with Crippen molar-refractivity contribution in [2.45, 2.75) is 19.6 Å². The Labute approximate surface area is 117 Å². The van der Waals surface area contributed by atoms with Crippen molar-refractivity contribution in [2.75, 3.05) is 17.7 Å². The Bertz CT molecular complexity index is 596. The first-order valence-corrected chi connectivity index (χ1v) is 6.49. The van der Waals surface area contributed by atoms with Crippen molar-refractivity contribution in [3.8, 4) is 0 Å². The van der Waals surface area contributed by atoms with Crippen molar-refractivity contribution in [2.24, 2.45) is 0 Å². The molecule has 0 atom stereocenters. The van der Waals surface area contributed by atoms with E-state index in [2.05, 4.69) is 25.6 Å². The van der Waals surface area contributed by atoms with Gasteiger partial charge in [0, 0.05) is 24.2 Å². The first-order valence-electron chi connectivity index (χ1n) is 5.67. The fourth-order valence-electron chi connectivity index (χ4n) is 1.46. The van der Waals surface area contributed by atoms with Crippen LogP contribution in [0.2, 0.25) is 0 Å². The van der Waals surface area contributed by atoms with Crippen molar-refractivity contribution >= 4 is 23.1 Å². The highest BCUT2D eigenvalue weighted by Gasteiger charge is 2.33. The molecule has 108 valence electrons. The summed E-state index contributed by atoms with van der Waals surface area (Å²) in [5, 5.41) is 6.25. The predicted molar refractivity (Wildman–Crippen MR) is 70.8 cm³/mol. The lowest BCUT2D eigenvalue weighted by atomic mass is 10.3. The molecule has 0 bridgehead atoms. The Morgan fingerprint density at radius 3 is 2.60 bits per heavy atom. The molecule has 0 aromatic carbocycles. The maximum atomic E-state index is 12.7. The van der Waals surface area contributed by atoms with Crippen LogP contribution in [0.25, 0.3) is 0 Å². The van der Waals surface area contributed by atoms with Crippen molar-refractivity contribution in [1.29, 1.82) is 0 Å². The maximum absolute atomic E-state index is 12.7. The van der Waals surface area contributed by atoms with Crippen LogP contribution in [-0.2, 0) is 12.7 Å². The molecular formula is C11H12F3N5S. The first-order chi connectivity index (χ1) is 9.38. The molecule has 0 saturated carbocycles. The number of nitrogens with zero attached hydrogens (tertiary/aromatic N) is 3. The number of hydrogen-bond donors (Lipinski definition) is 2. The minimum atomic E-state index is -4.51. The highest BCUT2D eigenvalue weighted by Crippen LogP contribution is 2.29. The van der Waals surface area contributed by atoms with Gasteiger partial charge >= 0.3 is 6.18 Å². The fourth-order valence-corrected chi connectivity index (χ4v) is 2.19. The fraction of sp³-hybridized carbons (Fsp3) is 0.364. The van der Waals surface area contributed by atoms with Gasteiger partial charge in [-0.15, -0.1) is 11.3 Å². The van der Waals surface area contributed by atoms with E-state index in [0.717, 1.165) is 16.0 Å². The van der Waals surface area contributed by atoms with Gasteiger partial charge in [-0.3, -0.25) is 0 Å². The Morgan fingerprint density at radius 2 is 2.05 bits per heavy atom. The van der Waals surface area contributed by atoms with Crippen LogP contribution >= 0.6 is 11.3 Å². The molecule has 2 aromatic heterocycles. The SMILES string of the molecule is CNc1nc(NCc2cnc(C)s2)cc(C(F)(F)F)n1. The summed E-state index contributed by atoms with van der Waals surface area (Å²) >= 11 is 1.47. The molecule has 2 N–H and O–H groups in total. The molecule has 2 rings (SSSR count). The molecule has 0 aliphatic carbocycles. The number of nitrogens with one attached hydrogen (secondary N) is 2. The number of alkyl halides is 3. The van der Waals surface area contributed by atoms with E-state index in [1.807, 2.05) is 6.92 Å². The van der Waals surface area contributed by atoms with Crippen molar-refractivity contribution < 1.29 is 13.2 Å². The van der Waals surface area contributed by atoms with E-state index in [1.54, 1.807) is 6.20 Å². The van der Waals surface area contributed by atoms with Gasteiger partial charge < -0.3 is 10.6 Å². The zero-order valence-corrected chi connectivity index (χ0v) is 11.6. The zero-order chi connectivity index (χ0) is 14.8. The van der Waals surface area contributed by atoms with Crippen LogP contribution in [0.1, 0.15) is 15.6 Å². The molecule has 20 heavy (non-hydrogen) atoms. The third-order valence-corrected chi connectivity index (χ3v) is 3.27. The minimum absolute atomic E-state index is 0.0807. The lowest BCUT2D eigenvalue weighted by Crippen LogP contribution is -2.12. The van der Waals surface area contributed by atoms with Crippen LogP contribution in [0, 0.1) is 6.92 Å². The molecule has 2 aromatic rings. The van der Waals surface area contributed by atoms with E-state index in [0.29, 0.717) is 6.54 Å². The quantitative estimate of drug-likeness (QED) is 0.909. The number of aromatic nitrogens is 3. The van der Waals surface area contributed by atoms with E-state index in [-0.39, 0.29) is 11.8 Å². The second-order valence-electron chi connectivity index (χ2n) is 3.91. The van der Waals surface area contributed by atoms with Gasteiger partial charge in [0.25, 0.3) is 0 Å². The molecule has 0 saturated heterocycles. The maximum Gasteiger partial charge on any atom is 0.433 e. The number of halogens is 3. The van der Waals surface area contributed by atoms with Gasteiger partial charge in [0.2, 0.25) is 5.95 Å². The summed E-state index contributed by atoms with van der Waals surface area (Å²) in [4.78, 5) is 12.3. The number of hydrogen-bond acceptors (Lipinski definition) is 6. The number of aryl methyl sites for hydroxylation is 1. The summed E-state index contributed by atoms with van der Waals surface area (Å²) in [5.41, 5.74) is -0.986. The smallest absolute Gasteiger partial charge is 0.365 e. The molecule has 0 fully saturated rings. The van der Waals surface area contributed by atoms with Crippen LogP contribution in [0.3, 0.4) is 0 Å². The summed E-state index contributed by atoms with van der Waals surface area (Å²) in [6, 6.07) is 0.884. The third-order valence-electron chi connectivity index (χ3n) is 2.35. The van der Waals surface area contributed by atoms with Crippen LogP contribution in [0.5, 0.6) is 0 Å². The van der Waals surface area contributed by atoms with E-state index in [4.69, 9.17) is 0 Å². The molecule has 9 heteroatoms. The standard InChI is InChI=1S/C11H12F3N5S/c1-6-16-4-7(20-6)5-17-9-3-8(11(12,13)14)18-10(15-2)19-9/h3-4H,5H2,1-2H3,(H2,15,17,18,19). The second-order valence-corrected chi connectivity index (χ2v) is 5.23. The molecular weight excluding hydrogens is 291 g/mol. The highest BCUT2D eigenvalue weighted by atomic mass is 32.1. The van der Waals surface area contributed by atoms with Gasteiger partial charge in [0.1, 0.15) is 5.82 Å². The summed E-state index contributed by atoms with van der Waals surface area (Å²) < 4.78 is 38.1. The number of anilines is 2. The van der Waals surface area contributed by atoms with Gasteiger partial charge in [-0.05, 0) is 6.92 Å². The lowest BCUT2D eigenvalue weighted by molar-refractivity contribution is -0.141. The Balaban J connectivity index is 2.18. The van der Waals surface area contributed by atoms with Crippen LogP contribution in [0.4, 0.5) is 24.9 Å². The summed E-state index contributed by atoms with van der Waals surface area (Å²) in [6.07, 6.45) is -2.83. The van der Waals surface area contributed by atoms with E-state index >= 15 is 0 Å². The van der Waals surface area contributed by atoms with Crippen molar-refractivity contribution in [3.05, 3.63) is 27.8 Å². The van der Waals surface area contributed by atoms with Crippen LogP contribution < -0.4 is 10.6 Å². The molecule has 0 aliphatic heterocycles. The summed E-state index contributed by atoms with van der Waals surface area (Å²) in [5.74, 6) is 0.0329. The second kappa shape index (κ2) is 5.61. The highest BCUT2D eigenvalue weighted by molar-refractivity contribution is 7.11. The monoisotopic (exact) mass is 303 g/mol. The van der Waals surface area contributed by atoms with Gasteiger partial charge in [0.05, 0.1) is 11.6 Å². The molecule has 0 aliphatic rings. The Kier molecular flexibility index (Phi) is 4.07. The van der Waals surface area contributed by atoms with Gasteiger partial charge in [-0.1, -0.05) is 0 Å². The van der Waals surface area contributed by atoms with Gasteiger partial charge in [-0.25, -0.2) is 9.97 Å². The predicted octanol–water partition coefficient (Wildman–Crippen LogP) is 2.91. The largest absolute Gasteiger partial charge is 0.433 e. The molecule has 2 heterocycles. The topological polar surface area (TPSA) is 62.7 Å². The van der Waals surface area contributed by atoms with Gasteiger partial charge in [0.15, 0.2) is 5.69 Å². The first kappa shape index (κ1) is 14.5. The Morgan fingerprint density at radius 1 is 1.30 bits per heavy atom. The Hall–Kier alpha value is -1.90. The van der Waals surface area contributed by atoms with Gasteiger partial charge in [-0.2, -0.15) is 18.2 Å². The molecule has 0 radical (unpaired) electrons. The van der Waals surface area contributed by atoms with Crippen LogP contribution in [-0.4, -0.2) is 22.0 Å². The minimum Gasteiger partial charge on any atom is -0.365 e. The molecule has 0 unspecified atom stereocenters. The number of rotatable bonds is 4. The average molecular weight is 303 g/mol. The number of thiazole rings is 1. The van der Waals surface area contributed by atoms with Crippen molar-refractivity contribution in [1.82, 2.24) is 15.0 Å². The van der Waals surface area contributed by atoms with E-state index in [1.165, 1.54) is 18.4 Å². The lowest BCUT2D eigenvalue weighted by Gasteiger charge is -2.10. The third kappa shape index (κ3) is 3.56. The normalized spacial score (nSPS) is 11.4. The molecule has 5 nitrogen and oxygen atoms in total. The average Bonchev–Trinajstić information content (AvgIpc) is 2.81. The van der Waals surface area contributed by atoms with Crippen molar-refractivity contribution in [3.63, 3.8) is 0 Å². The summed E-state index contributed by atoms with van der Waals surface area (Å²) in [7, 11) is 1.46. The van der Waals surface area contributed by atoms with Crippen LogP contribution in [0.15, 0.2) is 12.3 Å². The molecule has 0 spiro atoms.